The van der Waals surface area contributed by atoms with Crippen LogP contribution in [0.25, 0.3) is 0 Å². The molecule has 1 aromatic rings. The summed E-state index contributed by atoms with van der Waals surface area (Å²) in [6.45, 7) is 0.942. The van der Waals surface area contributed by atoms with Gasteiger partial charge in [-0.1, -0.05) is 12.1 Å². The van der Waals surface area contributed by atoms with Crippen molar-refractivity contribution >= 4 is 5.91 Å². The van der Waals surface area contributed by atoms with Gasteiger partial charge in [0, 0.05) is 0 Å². The number of amides is 1. The second-order valence-electron chi connectivity index (χ2n) is 4.23. The fourth-order valence-electron chi connectivity index (χ4n) is 2.07. The first-order chi connectivity index (χ1) is 8.49. The minimum absolute atomic E-state index is 0.399. The Hall–Kier alpha value is -1.56. The summed E-state index contributed by atoms with van der Waals surface area (Å²) in [6, 6.07) is 5.05. The Bertz CT molecular complexity index is 453. The maximum absolute atomic E-state index is 13.1. The first-order valence-electron chi connectivity index (χ1n) is 5.59. The quantitative estimate of drug-likeness (QED) is 0.898. The van der Waals surface area contributed by atoms with Gasteiger partial charge in [-0.25, -0.2) is 13.2 Å². The molecule has 1 saturated heterocycles. The van der Waals surface area contributed by atoms with Gasteiger partial charge >= 0.3 is 0 Å². The summed E-state index contributed by atoms with van der Waals surface area (Å²) in [5, 5.41) is 2.88. The van der Waals surface area contributed by atoms with Gasteiger partial charge in [0.2, 0.25) is 5.91 Å². The Balaban J connectivity index is 2.27. The molecule has 2 unspecified atom stereocenters. The molecule has 1 amide bonds. The van der Waals surface area contributed by atoms with Crippen molar-refractivity contribution in [3.05, 3.63) is 35.6 Å². The lowest BCUT2D eigenvalue weighted by atomic mass is 10.1. The highest BCUT2D eigenvalue weighted by Crippen LogP contribution is 2.26. The molecular formula is C12H13F3N2O. The van der Waals surface area contributed by atoms with E-state index in [1.54, 1.807) is 13.0 Å². The molecule has 6 heteroatoms. The van der Waals surface area contributed by atoms with E-state index in [1.807, 2.05) is 0 Å². The Morgan fingerprint density at radius 1 is 1.44 bits per heavy atom. The van der Waals surface area contributed by atoms with Crippen LogP contribution < -0.4 is 5.32 Å². The molecule has 1 fully saturated rings. The van der Waals surface area contributed by atoms with Gasteiger partial charge in [0.05, 0.1) is 12.6 Å². The summed E-state index contributed by atoms with van der Waals surface area (Å²) in [5.74, 6) is -0.858. The van der Waals surface area contributed by atoms with Crippen molar-refractivity contribution in [1.29, 1.82) is 0 Å². The number of nitrogens with one attached hydrogen (secondary N) is 1. The molecule has 3 nitrogen and oxygen atoms in total. The number of nitrogens with zero attached hydrogens (tertiary/aromatic N) is 1. The van der Waals surface area contributed by atoms with Gasteiger partial charge in [-0.3, -0.25) is 10.1 Å². The van der Waals surface area contributed by atoms with E-state index >= 15 is 0 Å². The lowest BCUT2D eigenvalue weighted by molar-refractivity contribution is -0.131. The second-order valence-corrected chi connectivity index (χ2v) is 4.23. The molecular weight excluding hydrogens is 245 g/mol. The van der Waals surface area contributed by atoms with Crippen molar-refractivity contribution in [2.24, 2.45) is 0 Å². The third kappa shape index (κ3) is 2.48. The summed E-state index contributed by atoms with van der Waals surface area (Å²) in [6.07, 6.45) is -3.31. The highest BCUT2D eigenvalue weighted by molar-refractivity contribution is 5.84. The van der Waals surface area contributed by atoms with Gasteiger partial charge in [0.25, 0.3) is 6.43 Å². The van der Waals surface area contributed by atoms with E-state index in [0.717, 1.165) is 4.90 Å². The summed E-state index contributed by atoms with van der Waals surface area (Å²) < 4.78 is 38.0. The molecule has 0 radical (unpaired) electrons. The molecule has 18 heavy (non-hydrogen) atoms. The molecule has 1 N–H and O–H groups in total. The molecule has 0 aromatic heterocycles. The number of carbonyl (C=O) groups excluding carboxylic acids is 1. The zero-order valence-corrected chi connectivity index (χ0v) is 9.74. The van der Waals surface area contributed by atoms with Gasteiger partial charge in [-0.15, -0.1) is 0 Å². The number of hydrogen-bond acceptors (Lipinski definition) is 2. The van der Waals surface area contributed by atoms with Gasteiger partial charge in [-0.2, -0.15) is 0 Å². The molecule has 2 atom stereocenters. The third-order valence-electron chi connectivity index (χ3n) is 2.87. The van der Waals surface area contributed by atoms with E-state index < -0.39 is 36.9 Å². The number of carbonyl (C=O) groups is 1. The van der Waals surface area contributed by atoms with Crippen LogP contribution in [0.4, 0.5) is 13.2 Å². The van der Waals surface area contributed by atoms with Crippen molar-refractivity contribution in [2.75, 3.05) is 6.54 Å². The summed E-state index contributed by atoms with van der Waals surface area (Å²) >= 11 is 0. The highest BCUT2D eigenvalue weighted by atomic mass is 19.3. The Kier molecular flexibility index (Phi) is 3.56. The maximum Gasteiger partial charge on any atom is 0.255 e. The SMILES string of the molecule is CC1NC(c2cccc(F)c2)N(CC(F)F)C1=O. The van der Waals surface area contributed by atoms with Crippen LogP contribution in [0.3, 0.4) is 0 Å². The number of benzene rings is 1. The summed E-state index contributed by atoms with van der Waals surface area (Å²) in [4.78, 5) is 12.8. The number of alkyl halides is 2. The molecule has 0 aliphatic carbocycles. The monoisotopic (exact) mass is 258 g/mol. The smallest absolute Gasteiger partial charge is 0.255 e. The third-order valence-corrected chi connectivity index (χ3v) is 2.87. The largest absolute Gasteiger partial charge is 0.316 e. The standard InChI is InChI=1S/C12H13F3N2O/c1-7-12(18)17(6-10(14)15)11(16-7)8-3-2-4-9(13)5-8/h2-5,7,10-11,16H,6H2,1H3. The van der Waals surface area contributed by atoms with E-state index in [-0.39, 0.29) is 0 Å². The van der Waals surface area contributed by atoms with Crippen molar-refractivity contribution < 1.29 is 18.0 Å². The van der Waals surface area contributed by atoms with Crippen molar-refractivity contribution in [3.8, 4) is 0 Å². The molecule has 0 saturated carbocycles. The first kappa shape index (κ1) is 12.9. The number of halogens is 3. The topological polar surface area (TPSA) is 32.3 Å². The van der Waals surface area contributed by atoms with Crippen LogP contribution in [-0.4, -0.2) is 29.8 Å². The summed E-state index contributed by atoms with van der Waals surface area (Å²) in [5.41, 5.74) is 0.466. The highest BCUT2D eigenvalue weighted by Gasteiger charge is 2.38. The van der Waals surface area contributed by atoms with E-state index in [9.17, 15) is 18.0 Å². The zero-order valence-electron chi connectivity index (χ0n) is 9.74. The van der Waals surface area contributed by atoms with E-state index in [0.29, 0.717) is 5.56 Å². The normalized spacial score (nSPS) is 24.1. The van der Waals surface area contributed by atoms with Gasteiger partial charge in [0.15, 0.2) is 0 Å². The zero-order chi connectivity index (χ0) is 13.3. The first-order valence-corrected chi connectivity index (χ1v) is 5.59. The van der Waals surface area contributed by atoms with Crippen molar-refractivity contribution in [2.45, 2.75) is 25.6 Å². The van der Waals surface area contributed by atoms with Crippen LogP contribution in [-0.2, 0) is 4.79 Å². The second kappa shape index (κ2) is 4.97. The number of rotatable bonds is 3. The predicted octanol–water partition coefficient (Wildman–Crippen LogP) is 1.91. The molecule has 0 bridgehead atoms. The molecule has 1 heterocycles. The van der Waals surface area contributed by atoms with Crippen LogP contribution in [0.5, 0.6) is 0 Å². The van der Waals surface area contributed by atoms with E-state index in [4.69, 9.17) is 0 Å². The molecule has 98 valence electrons. The van der Waals surface area contributed by atoms with Crippen LogP contribution in [0.1, 0.15) is 18.7 Å². The van der Waals surface area contributed by atoms with Gasteiger partial charge < -0.3 is 4.90 Å². The molecule has 0 spiro atoms. The van der Waals surface area contributed by atoms with Gasteiger partial charge in [-0.05, 0) is 24.6 Å². The minimum Gasteiger partial charge on any atom is -0.316 e. The van der Waals surface area contributed by atoms with E-state index in [2.05, 4.69) is 5.32 Å². The maximum atomic E-state index is 13.1. The van der Waals surface area contributed by atoms with Crippen LogP contribution in [0, 0.1) is 5.82 Å². The average molecular weight is 258 g/mol. The average Bonchev–Trinajstić information content (AvgIpc) is 2.57. The van der Waals surface area contributed by atoms with E-state index in [1.165, 1.54) is 18.2 Å². The molecule has 1 aliphatic rings. The fraction of sp³-hybridized carbons (Fsp3) is 0.417. The summed E-state index contributed by atoms with van der Waals surface area (Å²) in [7, 11) is 0. The van der Waals surface area contributed by atoms with Crippen LogP contribution in [0.2, 0.25) is 0 Å². The lowest BCUT2D eigenvalue weighted by Gasteiger charge is -2.24. The number of hydrogen-bond donors (Lipinski definition) is 1. The van der Waals surface area contributed by atoms with Crippen LogP contribution in [0.15, 0.2) is 24.3 Å². The lowest BCUT2D eigenvalue weighted by Crippen LogP contribution is -2.34. The molecule has 2 rings (SSSR count). The van der Waals surface area contributed by atoms with Crippen LogP contribution >= 0.6 is 0 Å². The molecule has 1 aliphatic heterocycles. The van der Waals surface area contributed by atoms with Crippen molar-refractivity contribution in [3.63, 3.8) is 0 Å². The molecule has 1 aromatic carbocycles. The van der Waals surface area contributed by atoms with Gasteiger partial charge in [0.1, 0.15) is 12.0 Å². The Morgan fingerprint density at radius 3 is 2.78 bits per heavy atom. The Morgan fingerprint density at radius 2 is 2.17 bits per heavy atom. The fourth-order valence-corrected chi connectivity index (χ4v) is 2.07. The minimum atomic E-state index is -2.61. The Labute approximate surface area is 103 Å². The predicted molar refractivity (Wildman–Crippen MR) is 59.5 cm³/mol. The van der Waals surface area contributed by atoms with Crippen molar-refractivity contribution in [1.82, 2.24) is 10.2 Å².